The summed E-state index contributed by atoms with van der Waals surface area (Å²) < 4.78 is 5.25. The third kappa shape index (κ3) is 4.25. The first-order valence-corrected chi connectivity index (χ1v) is 10.6. The highest BCUT2D eigenvalue weighted by molar-refractivity contribution is 7.16. The van der Waals surface area contributed by atoms with Crippen LogP contribution in [0.15, 0.2) is 71.5 Å². The van der Waals surface area contributed by atoms with Gasteiger partial charge in [0.15, 0.2) is 5.76 Å². The van der Waals surface area contributed by atoms with Gasteiger partial charge < -0.3 is 15.1 Å². The maximum atomic E-state index is 12.7. The highest BCUT2D eigenvalue weighted by Crippen LogP contribution is 2.41. The molecule has 5 nitrogen and oxygen atoms in total. The Balaban J connectivity index is 1.77. The van der Waals surface area contributed by atoms with Gasteiger partial charge in [-0.05, 0) is 61.4 Å². The predicted molar refractivity (Wildman–Crippen MR) is 122 cm³/mol. The van der Waals surface area contributed by atoms with Crippen molar-refractivity contribution in [1.82, 2.24) is 4.98 Å². The minimum atomic E-state index is -0.282. The third-order valence-electron chi connectivity index (χ3n) is 4.85. The Morgan fingerprint density at radius 3 is 2.57 bits per heavy atom. The largest absolute Gasteiger partial charge is 0.459 e. The zero-order chi connectivity index (χ0) is 21.1. The van der Waals surface area contributed by atoms with Crippen molar-refractivity contribution < 1.29 is 9.21 Å². The highest BCUT2D eigenvalue weighted by Gasteiger charge is 2.25. The number of carbonyl (C=O) groups excluding carboxylic acids is 1. The normalized spacial score (nSPS) is 11.8. The Kier molecular flexibility index (Phi) is 5.88. The second kappa shape index (κ2) is 8.73. The van der Waals surface area contributed by atoms with E-state index in [1.807, 2.05) is 49.4 Å². The Morgan fingerprint density at radius 2 is 1.90 bits per heavy atom. The van der Waals surface area contributed by atoms with Crippen molar-refractivity contribution in [3.63, 3.8) is 0 Å². The molecule has 0 saturated carbocycles. The maximum Gasteiger partial charge on any atom is 0.291 e. The van der Waals surface area contributed by atoms with Crippen LogP contribution in [0.4, 0.5) is 10.8 Å². The molecule has 4 rings (SSSR count). The fourth-order valence-corrected chi connectivity index (χ4v) is 4.45. The molecule has 30 heavy (non-hydrogen) atoms. The topological polar surface area (TPSA) is 67.2 Å². The molecule has 0 bridgehead atoms. The molecule has 0 saturated heterocycles. The van der Waals surface area contributed by atoms with Crippen molar-refractivity contribution in [3.05, 3.63) is 99.4 Å². The second-order valence-corrected chi connectivity index (χ2v) is 8.46. The summed E-state index contributed by atoms with van der Waals surface area (Å²) in [6, 6.07) is 16.5. The number of aryl methyl sites for hydroxylation is 1. The summed E-state index contributed by atoms with van der Waals surface area (Å²) in [5.41, 5.74) is 3.11. The molecule has 2 N–H and O–H groups in total. The summed E-state index contributed by atoms with van der Waals surface area (Å²) in [5.74, 6) is 0.726. The summed E-state index contributed by atoms with van der Waals surface area (Å²) in [7, 11) is 0. The Labute approximate surface area is 183 Å². The van der Waals surface area contributed by atoms with Crippen LogP contribution >= 0.6 is 22.9 Å². The molecule has 7 heteroatoms. The van der Waals surface area contributed by atoms with Gasteiger partial charge in [0.1, 0.15) is 10.8 Å². The van der Waals surface area contributed by atoms with Gasteiger partial charge >= 0.3 is 0 Å². The van der Waals surface area contributed by atoms with Crippen molar-refractivity contribution >= 4 is 39.7 Å². The van der Waals surface area contributed by atoms with Crippen LogP contribution in [0, 0.1) is 13.8 Å². The maximum absolute atomic E-state index is 12.7. The van der Waals surface area contributed by atoms with E-state index in [2.05, 4.69) is 22.5 Å². The number of rotatable bonds is 6. The molecule has 4 aromatic rings. The minimum Gasteiger partial charge on any atom is -0.459 e. The van der Waals surface area contributed by atoms with Crippen LogP contribution in [0.5, 0.6) is 0 Å². The van der Waals surface area contributed by atoms with Gasteiger partial charge in [-0.25, -0.2) is 4.98 Å². The second-order valence-electron chi connectivity index (χ2n) is 6.80. The molecular formula is C23H20ClN3O2S. The van der Waals surface area contributed by atoms with Crippen LogP contribution < -0.4 is 10.6 Å². The number of nitrogens with zero attached hydrogens (tertiary/aromatic N) is 1. The van der Waals surface area contributed by atoms with Crippen molar-refractivity contribution in [2.75, 3.05) is 10.6 Å². The Bertz CT molecular complexity index is 1140. The number of thiophene rings is 1. The zero-order valence-electron chi connectivity index (χ0n) is 16.5. The molecule has 0 fully saturated rings. The van der Waals surface area contributed by atoms with Crippen LogP contribution in [0.25, 0.3) is 0 Å². The Hall–Kier alpha value is -3.09. The molecule has 152 valence electrons. The van der Waals surface area contributed by atoms with Gasteiger partial charge in [-0.2, -0.15) is 0 Å². The SMILES string of the molecule is Cc1sc(NC(=O)c2ccco2)c([C@H](Nc2ccccn2)c2ccc(Cl)cc2)c1C. The lowest BCUT2D eigenvalue weighted by atomic mass is 9.96. The molecule has 1 amide bonds. The van der Waals surface area contributed by atoms with Crippen LogP contribution in [0.2, 0.25) is 5.02 Å². The van der Waals surface area contributed by atoms with E-state index in [-0.39, 0.29) is 17.7 Å². The summed E-state index contributed by atoms with van der Waals surface area (Å²) in [4.78, 5) is 18.2. The number of furan rings is 1. The van der Waals surface area contributed by atoms with E-state index >= 15 is 0 Å². The van der Waals surface area contributed by atoms with Crippen LogP contribution in [0.1, 0.15) is 38.2 Å². The molecule has 3 heterocycles. The van der Waals surface area contributed by atoms with Crippen molar-refractivity contribution in [2.45, 2.75) is 19.9 Å². The minimum absolute atomic E-state index is 0.228. The predicted octanol–water partition coefficient (Wildman–Crippen LogP) is 6.46. The van der Waals surface area contributed by atoms with Crippen LogP contribution in [-0.2, 0) is 0 Å². The number of pyridine rings is 1. The van der Waals surface area contributed by atoms with Gasteiger partial charge in [0.2, 0.25) is 0 Å². The summed E-state index contributed by atoms with van der Waals surface area (Å²) in [6.07, 6.45) is 3.23. The van der Waals surface area contributed by atoms with E-state index in [1.165, 1.54) is 6.26 Å². The van der Waals surface area contributed by atoms with Gasteiger partial charge in [0.25, 0.3) is 5.91 Å². The Morgan fingerprint density at radius 1 is 1.10 bits per heavy atom. The van der Waals surface area contributed by atoms with Gasteiger partial charge in [0, 0.05) is 21.7 Å². The number of hydrogen-bond acceptors (Lipinski definition) is 5. The van der Waals surface area contributed by atoms with Crippen LogP contribution in [0.3, 0.4) is 0 Å². The number of carbonyl (C=O) groups is 1. The number of anilines is 2. The molecule has 0 aliphatic rings. The summed E-state index contributed by atoms with van der Waals surface area (Å²) in [5, 5.41) is 7.97. The fourth-order valence-electron chi connectivity index (χ4n) is 3.23. The first kappa shape index (κ1) is 20.2. The van der Waals surface area contributed by atoms with Crippen molar-refractivity contribution in [2.24, 2.45) is 0 Å². The number of nitrogens with one attached hydrogen (secondary N) is 2. The smallest absolute Gasteiger partial charge is 0.291 e. The lowest BCUT2D eigenvalue weighted by Crippen LogP contribution is -2.17. The molecule has 3 aromatic heterocycles. The molecule has 1 atom stereocenters. The first-order valence-electron chi connectivity index (χ1n) is 9.40. The molecule has 0 radical (unpaired) electrons. The van der Waals surface area contributed by atoms with E-state index in [4.69, 9.17) is 16.0 Å². The first-order chi connectivity index (χ1) is 14.5. The van der Waals surface area contributed by atoms with Gasteiger partial charge in [-0.15, -0.1) is 11.3 Å². The zero-order valence-corrected chi connectivity index (χ0v) is 18.1. The summed E-state index contributed by atoms with van der Waals surface area (Å²) >= 11 is 7.66. The molecule has 0 aliphatic carbocycles. The fraction of sp³-hybridized carbons (Fsp3) is 0.130. The van der Waals surface area contributed by atoms with Crippen molar-refractivity contribution in [3.8, 4) is 0 Å². The average molecular weight is 438 g/mol. The molecule has 0 spiro atoms. The average Bonchev–Trinajstić information content (AvgIpc) is 3.37. The molecular weight excluding hydrogens is 418 g/mol. The van der Waals surface area contributed by atoms with E-state index < -0.39 is 0 Å². The van der Waals surface area contributed by atoms with E-state index in [1.54, 1.807) is 29.7 Å². The van der Waals surface area contributed by atoms with Crippen molar-refractivity contribution in [1.29, 1.82) is 0 Å². The van der Waals surface area contributed by atoms with E-state index in [9.17, 15) is 4.79 Å². The highest BCUT2D eigenvalue weighted by atomic mass is 35.5. The number of amides is 1. The molecule has 0 unspecified atom stereocenters. The molecule has 1 aromatic carbocycles. The van der Waals surface area contributed by atoms with Gasteiger partial charge in [-0.3, -0.25) is 4.79 Å². The third-order valence-corrected chi connectivity index (χ3v) is 6.24. The number of hydrogen-bond donors (Lipinski definition) is 2. The van der Waals surface area contributed by atoms with E-state index in [0.717, 1.165) is 32.4 Å². The number of benzene rings is 1. The standard InChI is InChI=1S/C23H20ClN3O2S/c1-14-15(2)30-23(27-22(28)18-6-5-13-29-18)20(14)21(16-8-10-17(24)11-9-16)26-19-7-3-4-12-25-19/h3-13,21H,1-2H3,(H,25,26)(H,27,28)/t21-/m1/s1. The van der Waals surface area contributed by atoms with Gasteiger partial charge in [-0.1, -0.05) is 29.8 Å². The lowest BCUT2D eigenvalue weighted by molar-refractivity contribution is 0.0997. The lowest BCUT2D eigenvalue weighted by Gasteiger charge is -2.22. The quantitative estimate of drug-likeness (QED) is 0.363. The van der Waals surface area contributed by atoms with Gasteiger partial charge in [0.05, 0.1) is 12.3 Å². The number of aromatic nitrogens is 1. The monoisotopic (exact) mass is 437 g/mol. The van der Waals surface area contributed by atoms with E-state index in [0.29, 0.717) is 5.02 Å². The summed E-state index contributed by atoms with van der Waals surface area (Å²) in [6.45, 7) is 4.11. The van der Waals surface area contributed by atoms with Crippen LogP contribution in [-0.4, -0.2) is 10.9 Å². The molecule has 0 aliphatic heterocycles. The number of halogens is 1.